The van der Waals surface area contributed by atoms with Crippen LogP contribution in [0.25, 0.3) is 5.69 Å². The molecule has 1 aromatic carbocycles. The Morgan fingerprint density at radius 1 is 1.18 bits per heavy atom. The largest absolute Gasteiger partial charge is 0.321 e. The highest BCUT2D eigenvalue weighted by molar-refractivity contribution is 6.03. The molecule has 6 nitrogen and oxygen atoms in total. The molecule has 2 aromatic heterocycles. The smallest absolute Gasteiger partial charge is 0.273 e. The summed E-state index contributed by atoms with van der Waals surface area (Å²) in [6.45, 7) is 4.56. The molecule has 0 aliphatic heterocycles. The van der Waals surface area contributed by atoms with Crippen molar-refractivity contribution in [3.63, 3.8) is 0 Å². The van der Waals surface area contributed by atoms with Gasteiger partial charge in [0.05, 0.1) is 11.4 Å². The highest BCUT2D eigenvalue weighted by Gasteiger charge is 2.11. The maximum atomic E-state index is 12.2. The Morgan fingerprint density at radius 3 is 2.59 bits per heavy atom. The third kappa shape index (κ3) is 2.76. The first-order valence-electron chi connectivity index (χ1n) is 7.13. The Morgan fingerprint density at radius 2 is 1.95 bits per heavy atom. The van der Waals surface area contributed by atoms with Crippen LogP contribution in [0.5, 0.6) is 0 Å². The molecular weight excluding hydrogens is 278 g/mol. The first-order valence-corrected chi connectivity index (χ1v) is 7.13. The summed E-state index contributed by atoms with van der Waals surface area (Å²) < 4.78 is 3.46. The fraction of sp³-hybridized carbons (Fsp3) is 0.188. The summed E-state index contributed by atoms with van der Waals surface area (Å²) in [5.74, 6) is -0.165. The molecule has 112 valence electrons. The van der Waals surface area contributed by atoms with Gasteiger partial charge in [0, 0.05) is 24.6 Å². The van der Waals surface area contributed by atoms with E-state index in [-0.39, 0.29) is 5.91 Å². The normalized spacial score (nSPS) is 10.6. The summed E-state index contributed by atoms with van der Waals surface area (Å²) in [7, 11) is 0. The number of nitrogens with one attached hydrogen (secondary N) is 1. The van der Waals surface area contributed by atoms with Crippen molar-refractivity contribution in [2.24, 2.45) is 0 Å². The van der Waals surface area contributed by atoms with Crippen molar-refractivity contribution in [3.8, 4) is 5.69 Å². The van der Waals surface area contributed by atoms with Crippen LogP contribution in [0.4, 0.5) is 5.69 Å². The predicted molar refractivity (Wildman–Crippen MR) is 84.2 cm³/mol. The standard InChI is InChI=1S/C16H17N5O/c1-3-20-15(8-10-17-20)16(22)18-13-4-6-14(7-5-13)21-11-9-12(2)19-21/h4-11H,3H2,1-2H3,(H,18,22). The maximum Gasteiger partial charge on any atom is 0.273 e. The molecule has 3 rings (SSSR count). The molecule has 0 spiro atoms. The highest BCUT2D eigenvalue weighted by atomic mass is 16.2. The van der Waals surface area contributed by atoms with Crippen molar-refractivity contribution < 1.29 is 4.79 Å². The molecule has 0 unspecified atom stereocenters. The third-order valence-corrected chi connectivity index (χ3v) is 3.36. The van der Waals surface area contributed by atoms with Crippen molar-refractivity contribution in [1.29, 1.82) is 0 Å². The summed E-state index contributed by atoms with van der Waals surface area (Å²) in [5.41, 5.74) is 3.20. The molecule has 1 N–H and O–H groups in total. The summed E-state index contributed by atoms with van der Waals surface area (Å²) in [6.07, 6.45) is 3.53. The second-order valence-corrected chi connectivity index (χ2v) is 4.93. The molecule has 0 atom stereocenters. The molecule has 0 aliphatic carbocycles. The number of amides is 1. The van der Waals surface area contributed by atoms with Gasteiger partial charge in [0.1, 0.15) is 5.69 Å². The predicted octanol–water partition coefficient (Wildman–Crippen LogP) is 2.65. The molecule has 0 radical (unpaired) electrons. The minimum absolute atomic E-state index is 0.165. The van der Waals surface area contributed by atoms with Gasteiger partial charge in [0.25, 0.3) is 5.91 Å². The monoisotopic (exact) mass is 295 g/mol. The molecule has 1 amide bonds. The van der Waals surface area contributed by atoms with Crippen molar-refractivity contribution in [3.05, 3.63) is 60.2 Å². The molecule has 0 aliphatic rings. The topological polar surface area (TPSA) is 64.7 Å². The van der Waals surface area contributed by atoms with Gasteiger partial charge in [-0.2, -0.15) is 10.2 Å². The van der Waals surface area contributed by atoms with Crippen LogP contribution in [0.2, 0.25) is 0 Å². The van der Waals surface area contributed by atoms with E-state index in [1.807, 2.05) is 50.4 Å². The Bertz CT molecular complexity index is 785. The van der Waals surface area contributed by atoms with Gasteiger partial charge in [-0.3, -0.25) is 9.48 Å². The zero-order chi connectivity index (χ0) is 15.5. The summed E-state index contributed by atoms with van der Waals surface area (Å²) in [6, 6.07) is 11.2. The summed E-state index contributed by atoms with van der Waals surface area (Å²) in [5, 5.41) is 11.3. The molecule has 6 heteroatoms. The fourth-order valence-corrected chi connectivity index (χ4v) is 2.23. The lowest BCUT2D eigenvalue weighted by molar-refractivity contribution is 0.101. The van der Waals surface area contributed by atoms with Gasteiger partial charge >= 0.3 is 0 Å². The Kier molecular flexibility index (Phi) is 3.74. The van der Waals surface area contributed by atoms with Crippen LogP contribution in [0.3, 0.4) is 0 Å². The van der Waals surface area contributed by atoms with Gasteiger partial charge in [0.15, 0.2) is 0 Å². The van der Waals surface area contributed by atoms with E-state index in [0.717, 1.165) is 17.1 Å². The molecule has 0 saturated carbocycles. The van der Waals surface area contributed by atoms with Gasteiger partial charge in [-0.15, -0.1) is 0 Å². The minimum Gasteiger partial charge on any atom is -0.321 e. The van der Waals surface area contributed by atoms with E-state index in [9.17, 15) is 4.79 Å². The second-order valence-electron chi connectivity index (χ2n) is 4.93. The number of carbonyl (C=O) groups is 1. The minimum atomic E-state index is -0.165. The molecule has 2 heterocycles. The van der Waals surface area contributed by atoms with Crippen LogP contribution in [0, 0.1) is 6.92 Å². The lowest BCUT2D eigenvalue weighted by atomic mass is 10.2. The number of aromatic nitrogens is 4. The van der Waals surface area contributed by atoms with Crippen LogP contribution in [-0.2, 0) is 6.54 Å². The molecule has 0 fully saturated rings. The van der Waals surface area contributed by atoms with Crippen molar-refractivity contribution in [2.45, 2.75) is 20.4 Å². The quantitative estimate of drug-likeness (QED) is 0.804. The summed E-state index contributed by atoms with van der Waals surface area (Å²) >= 11 is 0. The lowest BCUT2D eigenvalue weighted by Gasteiger charge is -2.08. The Balaban J connectivity index is 1.75. The number of benzene rings is 1. The van der Waals surface area contributed by atoms with Crippen molar-refractivity contribution in [1.82, 2.24) is 19.6 Å². The fourth-order valence-electron chi connectivity index (χ4n) is 2.23. The number of carbonyl (C=O) groups excluding carboxylic acids is 1. The number of nitrogens with zero attached hydrogens (tertiary/aromatic N) is 4. The van der Waals surface area contributed by atoms with E-state index in [0.29, 0.717) is 12.2 Å². The maximum absolute atomic E-state index is 12.2. The molecule has 0 bridgehead atoms. The number of hydrogen-bond donors (Lipinski definition) is 1. The highest BCUT2D eigenvalue weighted by Crippen LogP contribution is 2.14. The zero-order valence-electron chi connectivity index (χ0n) is 12.5. The number of rotatable bonds is 4. The van der Waals surface area contributed by atoms with Crippen LogP contribution in [-0.4, -0.2) is 25.5 Å². The van der Waals surface area contributed by atoms with Crippen LogP contribution in [0.15, 0.2) is 48.8 Å². The van der Waals surface area contributed by atoms with Gasteiger partial charge in [-0.1, -0.05) is 0 Å². The average Bonchev–Trinajstić information content (AvgIpc) is 3.16. The number of anilines is 1. The van der Waals surface area contributed by atoms with Gasteiger partial charge in [0.2, 0.25) is 0 Å². The van der Waals surface area contributed by atoms with Crippen molar-refractivity contribution in [2.75, 3.05) is 5.32 Å². The summed E-state index contributed by atoms with van der Waals surface area (Å²) in [4.78, 5) is 12.2. The van der Waals surface area contributed by atoms with E-state index in [4.69, 9.17) is 0 Å². The second kappa shape index (κ2) is 5.85. The SMILES string of the molecule is CCn1nccc1C(=O)Nc1ccc(-n2ccc(C)n2)cc1. The Hall–Kier alpha value is -2.89. The molecule has 3 aromatic rings. The molecule has 22 heavy (non-hydrogen) atoms. The van der Waals surface area contributed by atoms with Crippen molar-refractivity contribution >= 4 is 11.6 Å². The first kappa shape index (κ1) is 14.1. The van der Waals surface area contributed by atoms with Gasteiger partial charge in [-0.25, -0.2) is 4.68 Å². The lowest BCUT2D eigenvalue weighted by Crippen LogP contribution is -2.17. The van der Waals surface area contributed by atoms with Gasteiger partial charge < -0.3 is 5.32 Å². The molecule has 0 saturated heterocycles. The van der Waals surface area contributed by atoms with Crippen LogP contribution < -0.4 is 5.32 Å². The number of aryl methyl sites for hydroxylation is 2. The van der Waals surface area contributed by atoms with E-state index in [2.05, 4.69) is 15.5 Å². The Labute approximate surface area is 128 Å². The average molecular weight is 295 g/mol. The van der Waals surface area contributed by atoms with E-state index >= 15 is 0 Å². The van der Waals surface area contributed by atoms with E-state index < -0.39 is 0 Å². The first-order chi connectivity index (χ1) is 10.7. The van der Waals surface area contributed by atoms with Gasteiger partial charge in [-0.05, 0) is 50.2 Å². The third-order valence-electron chi connectivity index (χ3n) is 3.36. The number of hydrogen-bond acceptors (Lipinski definition) is 3. The van der Waals surface area contributed by atoms with E-state index in [1.54, 1.807) is 21.6 Å². The zero-order valence-corrected chi connectivity index (χ0v) is 12.5. The van der Waals surface area contributed by atoms with E-state index in [1.165, 1.54) is 0 Å². The van der Waals surface area contributed by atoms with Crippen LogP contribution >= 0.6 is 0 Å². The molecular formula is C16H17N5O. The van der Waals surface area contributed by atoms with Crippen LogP contribution in [0.1, 0.15) is 23.1 Å².